The average molecular weight is 56.9 g/mol. The lowest BCUT2D eigenvalue weighted by molar-refractivity contribution is 1.27. The molecule has 0 aliphatic heterocycles. The topological polar surface area (TPSA) is 12.0 Å². The van der Waals surface area contributed by atoms with Crippen molar-refractivity contribution in [2.24, 2.45) is 0 Å². The second kappa shape index (κ2) is 11.8. The molecule has 0 amide bonds. The smallest absolute Gasteiger partial charge is 0.177 e. The second-order valence-electron chi connectivity index (χ2n) is 0.289. The highest BCUT2D eigenvalue weighted by Crippen LogP contribution is 0.933. The average Bonchev–Trinajstić information content (AvgIpc) is 0.918. The summed E-state index contributed by atoms with van der Waals surface area (Å²) in [5.74, 6) is 0. The molecule has 0 unspecified atom stereocenters. The molecule has 24 valence electrons. The quantitative estimate of drug-likeness (QED) is 0.383. The maximum Gasteiger partial charge on any atom is 0.177 e. The van der Waals surface area contributed by atoms with Crippen LogP contribution in [-0.4, -0.2) is 15.0 Å². The van der Waals surface area contributed by atoms with E-state index in [0.29, 0.717) is 0 Å². The van der Waals surface area contributed by atoms with Crippen LogP contribution in [0.1, 0.15) is 7.43 Å². The van der Waals surface area contributed by atoms with Crippen molar-refractivity contribution in [3.05, 3.63) is 0 Å². The minimum Gasteiger partial charge on any atom is -0.369 e. The molecular formula is C2H8BN. The molecule has 0 atom stereocenters. The maximum absolute atomic E-state index is 4.60. The molecule has 1 nitrogen and oxygen atoms in total. The van der Waals surface area contributed by atoms with Gasteiger partial charge in [0.1, 0.15) is 0 Å². The van der Waals surface area contributed by atoms with Gasteiger partial charge in [0.25, 0.3) is 0 Å². The van der Waals surface area contributed by atoms with Crippen LogP contribution in [0.4, 0.5) is 0 Å². The molecular weight excluding hydrogens is 48.8 g/mol. The molecule has 0 aromatic rings. The minimum absolute atomic E-state index is 0. The highest BCUT2D eigenvalue weighted by atomic mass is 14.6. The summed E-state index contributed by atoms with van der Waals surface area (Å²) in [5, 5.41) is 2.25. The molecule has 0 heterocycles. The molecule has 2 heteroatoms. The van der Waals surface area contributed by atoms with Crippen LogP contribution in [0.25, 0.3) is 0 Å². The molecule has 0 saturated heterocycles. The zero-order chi connectivity index (χ0) is 2.71. The Hall–Kier alpha value is 0.0249. The van der Waals surface area contributed by atoms with Gasteiger partial charge in [0.15, 0.2) is 7.98 Å². The van der Waals surface area contributed by atoms with E-state index in [0.717, 1.165) is 0 Å². The monoisotopic (exact) mass is 57.1 g/mol. The van der Waals surface area contributed by atoms with Gasteiger partial charge in [0.2, 0.25) is 0 Å². The van der Waals surface area contributed by atoms with Crippen LogP contribution in [0.5, 0.6) is 0 Å². The zero-order valence-corrected chi connectivity index (χ0v) is 2.08. The third-order valence-corrected chi connectivity index (χ3v) is 0. The lowest BCUT2D eigenvalue weighted by atomic mass is 10.5. The summed E-state index contributed by atoms with van der Waals surface area (Å²) in [4.78, 5) is 0. The third kappa shape index (κ3) is 3420. The first-order valence-corrected chi connectivity index (χ1v) is 0.789. The molecule has 0 spiro atoms. The Morgan fingerprint density at radius 3 is 1.75 bits per heavy atom. The van der Waals surface area contributed by atoms with Crippen molar-refractivity contribution in [1.29, 1.82) is 0 Å². The summed E-state index contributed by atoms with van der Waals surface area (Å²) >= 11 is 0. The van der Waals surface area contributed by atoms with E-state index in [9.17, 15) is 0 Å². The molecule has 0 aliphatic rings. The third-order valence-electron chi connectivity index (χ3n) is 0. The highest BCUT2D eigenvalue weighted by molar-refractivity contribution is 6.04. The predicted molar refractivity (Wildman–Crippen MR) is 21.5 cm³/mol. The molecule has 4 heavy (non-hydrogen) atoms. The van der Waals surface area contributed by atoms with Crippen LogP contribution in [0.2, 0.25) is 0 Å². The Morgan fingerprint density at radius 1 is 1.75 bits per heavy atom. The van der Waals surface area contributed by atoms with Gasteiger partial charge in [-0.3, -0.25) is 0 Å². The van der Waals surface area contributed by atoms with Crippen molar-refractivity contribution < 1.29 is 0 Å². The van der Waals surface area contributed by atoms with Crippen LogP contribution >= 0.6 is 0 Å². The molecule has 0 rings (SSSR count). The van der Waals surface area contributed by atoms with E-state index in [1.807, 2.05) is 0 Å². The van der Waals surface area contributed by atoms with E-state index in [1.54, 1.807) is 7.05 Å². The summed E-state index contributed by atoms with van der Waals surface area (Å²) in [6.07, 6.45) is 0. The van der Waals surface area contributed by atoms with E-state index >= 15 is 0 Å². The first-order valence-electron chi connectivity index (χ1n) is 0.789. The van der Waals surface area contributed by atoms with E-state index in [4.69, 9.17) is 0 Å². The van der Waals surface area contributed by atoms with E-state index in [1.165, 1.54) is 0 Å². The van der Waals surface area contributed by atoms with E-state index < -0.39 is 0 Å². The number of rotatable bonds is 0. The largest absolute Gasteiger partial charge is 0.369 e. The van der Waals surface area contributed by atoms with Gasteiger partial charge in [0, 0.05) is 0 Å². The Labute approximate surface area is 28.8 Å². The van der Waals surface area contributed by atoms with Crippen molar-refractivity contribution in [3.63, 3.8) is 0 Å². The van der Waals surface area contributed by atoms with Crippen LogP contribution in [0.15, 0.2) is 0 Å². The SMILES string of the molecule is C.[B]NC. The Kier molecular flexibility index (Phi) is 26.5. The summed E-state index contributed by atoms with van der Waals surface area (Å²) in [5.41, 5.74) is 0. The minimum atomic E-state index is 0. The summed E-state index contributed by atoms with van der Waals surface area (Å²) in [6.45, 7) is 0. The van der Waals surface area contributed by atoms with Gasteiger partial charge in [-0.2, -0.15) is 0 Å². The molecule has 1 N–H and O–H groups in total. The summed E-state index contributed by atoms with van der Waals surface area (Å²) in [7, 11) is 6.25. The lowest BCUT2D eigenvalue weighted by Gasteiger charge is -1.58. The Bertz CT molecular complexity index is 6.00. The molecule has 2 radical (unpaired) electrons. The number of hydrogen-bond donors (Lipinski definition) is 1. The van der Waals surface area contributed by atoms with Crippen LogP contribution in [0, 0.1) is 0 Å². The maximum atomic E-state index is 4.60. The molecule has 0 saturated carbocycles. The first kappa shape index (κ1) is 8.98. The van der Waals surface area contributed by atoms with E-state index in [-0.39, 0.29) is 7.43 Å². The predicted octanol–water partition coefficient (Wildman–Crippen LogP) is -0.0746. The van der Waals surface area contributed by atoms with Gasteiger partial charge < -0.3 is 5.23 Å². The van der Waals surface area contributed by atoms with Crippen LogP contribution < -0.4 is 5.23 Å². The van der Waals surface area contributed by atoms with Crippen molar-refractivity contribution >= 4 is 7.98 Å². The normalized spacial score (nSPS) is 4.25. The summed E-state index contributed by atoms with van der Waals surface area (Å²) < 4.78 is 0. The standard InChI is InChI=1S/CH4BN.CH4/c1-3-2;/h3H,1H3;1H4. The van der Waals surface area contributed by atoms with Gasteiger partial charge in [-0.15, -0.1) is 0 Å². The molecule has 0 aliphatic carbocycles. The Balaban J connectivity index is 0. The lowest BCUT2D eigenvalue weighted by Crippen LogP contribution is -1.93. The molecule has 0 bridgehead atoms. The number of nitrogens with one attached hydrogen (secondary N) is 1. The summed E-state index contributed by atoms with van der Waals surface area (Å²) in [6, 6.07) is 0. The molecule has 0 aromatic heterocycles. The first-order chi connectivity index (χ1) is 1.41. The van der Waals surface area contributed by atoms with Gasteiger partial charge in [-0.25, -0.2) is 0 Å². The van der Waals surface area contributed by atoms with Gasteiger partial charge in [-0.05, 0) is 7.05 Å². The van der Waals surface area contributed by atoms with E-state index in [2.05, 4.69) is 13.2 Å². The fourth-order valence-corrected chi connectivity index (χ4v) is 0. The van der Waals surface area contributed by atoms with Gasteiger partial charge >= 0.3 is 0 Å². The number of hydrogen-bond acceptors (Lipinski definition) is 1. The van der Waals surface area contributed by atoms with Crippen molar-refractivity contribution in [2.75, 3.05) is 7.05 Å². The van der Waals surface area contributed by atoms with Crippen LogP contribution in [-0.2, 0) is 0 Å². The zero-order valence-electron chi connectivity index (χ0n) is 2.08. The van der Waals surface area contributed by atoms with Crippen molar-refractivity contribution in [2.45, 2.75) is 7.43 Å². The fourth-order valence-electron chi connectivity index (χ4n) is 0. The molecule has 0 fully saturated rings. The van der Waals surface area contributed by atoms with Crippen molar-refractivity contribution in [3.8, 4) is 0 Å². The highest BCUT2D eigenvalue weighted by Gasteiger charge is 1.29. The fraction of sp³-hybridized carbons (Fsp3) is 1.00. The van der Waals surface area contributed by atoms with Crippen LogP contribution in [0.3, 0.4) is 0 Å². The van der Waals surface area contributed by atoms with Gasteiger partial charge in [0.05, 0.1) is 0 Å². The second-order valence-corrected chi connectivity index (χ2v) is 0.289. The molecule has 0 aromatic carbocycles. The van der Waals surface area contributed by atoms with Crippen molar-refractivity contribution in [1.82, 2.24) is 5.23 Å². The Morgan fingerprint density at radius 2 is 1.75 bits per heavy atom. The van der Waals surface area contributed by atoms with Gasteiger partial charge in [-0.1, -0.05) is 7.43 Å².